The van der Waals surface area contributed by atoms with E-state index in [9.17, 15) is 4.79 Å². The van der Waals surface area contributed by atoms with Gasteiger partial charge in [-0.15, -0.1) is 0 Å². The van der Waals surface area contributed by atoms with Crippen molar-refractivity contribution in [1.82, 2.24) is 15.5 Å². The molecule has 0 bridgehead atoms. The Hall–Kier alpha value is -0.610. The summed E-state index contributed by atoms with van der Waals surface area (Å²) < 4.78 is 0. The third-order valence-electron chi connectivity index (χ3n) is 5.51. The number of hydrogen-bond donors (Lipinski definition) is 2. The van der Waals surface area contributed by atoms with Crippen LogP contribution < -0.4 is 10.6 Å². The molecule has 0 aromatic heterocycles. The number of hydrogen-bond acceptors (Lipinski definition) is 3. The highest BCUT2D eigenvalue weighted by molar-refractivity contribution is 5.82. The first-order valence-electron chi connectivity index (χ1n) is 8.04. The Kier molecular flexibility index (Phi) is 4.75. The largest absolute Gasteiger partial charge is 0.354 e. The number of nitrogens with one attached hydrogen (secondary N) is 2. The monoisotopic (exact) mass is 281 g/mol. The summed E-state index contributed by atoms with van der Waals surface area (Å²) in [5.74, 6) is 0.980. The van der Waals surface area contributed by atoms with Gasteiger partial charge in [0.25, 0.3) is 0 Å². The van der Waals surface area contributed by atoms with Crippen molar-refractivity contribution >= 4 is 5.91 Å². The van der Waals surface area contributed by atoms with Gasteiger partial charge in [0.15, 0.2) is 0 Å². The minimum atomic E-state index is -0.214. The normalized spacial score (nSPS) is 38.1. The van der Waals surface area contributed by atoms with Gasteiger partial charge < -0.3 is 15.5 Å². The Morgan fingerprint density at radius 2 is 2.15 bits per heavy atom. The lowest BCUT2D eigenvalue weighted by Crippen LogP contribution is -2.56. The molecule has 2 N–H and O–H groups in total. The lowest BCUT2D eigenvalue weighted by atomic mass is 9.75. The summed E-state index contributed by atoms with van der Waals surface area (Å²) in [7, 11) is 4.31. The topological polar surface area (TPSA) is 44.4 Å². The molecule has 4 nitrogen and oxygen atoms in total. The van der Waals surface area contributed by atoms with Gasteiger partial charge in [-0.1, -0.05) is 19.8 Å². The molecule has 3 unspecified atom stereocenters. The van der Waals surface area contributed by atoms with E-state index in [0.717, 1.165) is 32.0 Å². The Labute approximate surface area is 123 Å². The first-order valence-corrected chi connectivity index (χ1v) is 8.04. The van der Waals surface area contributed by atoms with E-state index in [0.29, 0.717) is 0 Å². The Morgan fingerprint density at radius 1 is 1.40 bits per heavy atom. The standard InChI is InChI=1S/C16H31N3O/c1-13-6-5-7-16(10-13,19(3)4)12-18-14(20)15(2)8-9-17-11-15/h13,17H,5-12H2,1-4H3,(H,18,20). The predicted molar refractivity (Wildman–Crippen MR) is 82.7 cm³/mol. The maximum Gasteiger partial charge on any atom is 0.227 e. The number of amides is 1. The quantitative estimate of drug-likeness (QED) is 0.823. The van der Waals surface area contributed by atoms with Crippen LogP contribution in [0.1, 0.15) is 46.0 Å². The van der Waals surface area contributed by atoms with Gasteiger partial charge in [-0.2, -0.15) is 0 Å². The zero-order valence-corrected chi connectivity index (χ0v) is 13.6. The lowest BCUT2D eigenvalue weighted by molar-refractivity contribution is -0.130. The Morgan fingerprint density at radius 3 is 2.70 bits per heavy atom. The van der Waals surface area contributed by atoms with Crippen LogP contribution in [0.25, 0.3) is 0 Å². The molecule has 4 heteroatoms. The van der Waals surface area contributed by atoms with E-state index in [1.54, 1.807) is 0 Å². The fraction of sp³-hybridized carbons (Fsp3) is 0.938. The van der Waals surface area contributed by atoms with Gasteiger partial charge in [-0.25, -0.2) is 0 Å². The molecule has 2 rings (SSSR count). The molecule has 0 aromatic rings. The van der Waals surface area contributed by atoms with Crippen LogP contribution in [0.4, 0.5) is 0 Å². The number of likely N-dealkylation sites (N-methyl/N-ethyl adjacent to an activating group) is 1. The van der Waals surface area contributed by atoms with Crippen LogP contribution in [0.5, 0.6) is 0 Å². The highest BCUT2D eigenvalue weighted by atomic mass is 16.2. The third-order valence-corrected chi connectivity index (χ3v) is 5.51. The molecule has 1 heterocycles. The van der Waals surface area contributed by atoms with E-state index >= 15 is 0 Å². The van der Waals surface area contributed by atoms with Crippen molar-refractivity contribution in [2.75, 3.05) is 33.7 Å². The van der Waals surface area contributed by atoms with Crippen LogP contribution in [0.2, 0.25) is 0 Å². The maximum absolute atomic E-state index is 12.5. The molecule has 20 heavy (non-hydrogen) atoms. The van der Waals surface area contributed by atoms with Crippen molar-refractivity contribution in [2.24, 2.45) is 11.3 Å². The Bertz CT molecular complexity index is 350. The second-order valence-electron chi connectivity index (χ2n) is 7.49. The van der Waals surface area contributed by atoms with Crippen molar-refractivity contribution in [1.29, 1.82) is 0 Å². The van der Waals surface area contributed by atoms with Crippen molar-refractivity contribution < 1.29 is 4.79 Å². The highest BCUT2D eigenvalue weighted by Gasteiger charge is 2.40. The fourth-order valence-corrected chi connectivity index (χ4v) is 3.83. The van der Waals surface area contributed by atoms with E-state index in [4.69, 9.17) is 0 Å². The van der Waals surface area contributed by atoms with E-state index in [1.807, 2.05) is 0 Å². The average Bonchev–Trinajstić information content (AvgIpc) is 2.84. The zero-order chi connectivity index (χ0) is 14.8. The van der Waals surface area contributed by atoms with E-state index in [1.165, 1.54) is 25.7 Å². The zero-order valence-electron chi connectivity index (χ0n) is 13.6. The van der Waals surface area contributed by atoms with Crippen LogP contribution in [0, 0.1) is 11.3 Å². The number of carbonyl (C=O) groups excluding carboxylic acids is 1. The molecule has 2 fully saturated rings. The SMILES string of the molecule is CC1CCCC(CNC(=O)C2(C)CCNC2)(N(C)C)C1. The third kappa shape index (κ3) is 3.17. The summed E-state index contributed by atoms with van der Waals surface area (Å²) in [5.41, 5.74) is -0.0660. The predicted octanol–water partition coefficient (Wildman–Crippen LogP) is 1.61. The molecular formula is C16H31N3O. The van der Waals surface area contributed by atoms with Crippen LogP contribution >= 0.6 is 0 Å². The molecule has 0 spiro atoms. The number of nitrogens with zero attached hydrogens (tertiary/aromatic N) is 1. The van der Waals surface area contributed by atoms with Crippen molar-refractivity contribution in [3.05, 3.63) is 0 Å². The molecule has 0 radical (unpaired) electrons. The first-order chi connectivity index (χ1) is 9.38. The molecule has 3 atom stereocenters. The highest BCUT2D eigenvalue weighted by Crippen LogP contribution is 2.35. The second kappa shape index (κ2) is 6.02. The van der Waals surface area contributed by atoms with Crippen molar-refractivity contribution in [3.63, 3.8) is 0 Å². The molecule has 1 saturated heterocycles. The van der Waals surface area contributed by atoms with Gasteiger partial charge in [0.1, 0.15) is 0 Å². The molecule has 1 amide bonds. The minimum absolute atomic E-state index is 0.149. The van der Waals surface area contributed by atoms with Gasteiger partial charge in [0.05, 0.1) is 5.41 Å². The second-order valence-corrected chi connectivity index (χ2v) is 7.49. The maximum atomic E-state index is 12.5. The average molecular weight is 281 g/mol. The van der Waals surface area contributed by atoms with Crippen LogP contribution in [-0.2, 0) is 4.79 Å². The molecule has 2 aliphatic rings. The van der Waals surface area contributed by atoms with Gasteiger partial charge in [-0.3, -0.25) is 4.79 Å². The number of carbonyl (C=O) groups is 1. The molecule has 1 saturated carbocycles. The Balaban J connectivity index is 1.97. The fourth-order valence-electron chi connectivity index (χ4n) is 3.83. The van der Waals surface area contributed by atoms with E-state index in [2.05, 4.69) is 43.5 Å². The van der Waals surface area contributed by atoms with Gasteiger partial charge in [-0.05, 0) is 52.7 Å². The summed E-state index contributed by atoms with van der Waals surface area (Å²) in [5, 5.41) is 6.56. The van der Waals surface area contributed by atoms with E-state index in [-0.39, 0.29) is 16.9 Å². The summed E-state index contributed by atoms with van der Waals surface area (Å²) in [6.07, 6.45) is 5.93. The summed E-state index contributed by atoms with van der Waals surface area (Å²) >= 11 is 0. The van der Waals surface area contributed by atoms with Gasteiger partial charge in [0.2, 0.25) is 5.91 Å². The van der Waals surface area contributed by atoms with Gasteiger partial charge in [0, 0.05) is 18.6 Å². The minimum Gasteiger partial charge on any atom is -0.354 e. The van der Waals surface area contributed by atoms with Crippen molar-refractivity contribution in [2.45, 2.75) is 51.5 Å². The van der Waals surface area contributed by atoms with E-state index < -0.39 is 0 Å². The smallest absolute Gasteiger partial charge is 0.227 e. The number of rotatable bonds is 4. The molecule has 116 valence electrons. The van der Waals surface area contributed by atoms with Crippen LogP contribution in [0.15, 0.2) is 0 Å². The van der Waals surface area contributed by atoms with Crippen LogP contribution in [-0.4, -0.2) is 50.1 Å². The summed E-state index contributed by atoms with van der Waals surface area (Å²) in [4.78, 5) is 14.8. The van der Waals surface area contributed by atoms with Crippen LogP contribution in [0.3, 0.4) is 0 Å². The molecule has 1 aliphatic carbocycles. The summed E-state index contributed by atoms with van der Waals surface area (Å²) in [6, 6.07) is 0. The summed E-state index contributed by atoms with van der Waals surface area (Å²) in [6.45, 7) is 6.97. The first kappa shape index (κ1) is 15.8. The molecule has 1 aliphatic heterocycles. The van der Waals surface area contributed by atoms with Crippen molar-refractivity contribution in [3.8, 4) is 0 Å². The molecular weight excluding hydrogens is 250 g/mol. The lowest BCUT2D eigenvalue weighted by Gasteiger charge is -2.45. The molecule has 0 aromatic carbocycles. The van der Waals surface area contributed by atoms with Gasteiger partial charge >= 0.3 is 0 Å².